The van der Waals surface area contributed by atoms with Crippen LogP contribution in [0.5, 0.6) is 5.75 Å². The molecule has 3 aromatic rings. The molecule has 2 aromatic heterocycles. The summed E-state index contributed by atoms with van der Waals surface area (Å²) in [5.74, 6) is 1.66. The Morgan fingerprint density at radius 2 is 1.94 bits per heavy atom. The van der Waals surface area contributed by atoms with E-state index in [0.29, 0.717) is 18.0 Å². The van der Waals surface area contributed by atoms with Gasteiger partial charge in [0.2, 0.25) is 0 Å². The number of ether oxygens (including phenoxy) is 1. The quantitative estimate of drug-likeness (QED) is 0.595. The van der Waals surface area contributed by atoms with Gasteiger partial charge >= 0.3 is 0 Å². The Hall–Kier alpha value is -3.24. The van der Waals surface area contributed by atoms with Crippen molar-refractivity contribution >= 4 is 33.9 Å². The summed E-state index contributed by atoms with van der Waals surface area (Å²) >= 11 is 1.44. The van der Waals surface area contributed by atoms with Crippen molar-refractivity contribution in [2.45, 2.75) is 25.8 Å². The first kappa shape index (κ1) is 21.3. The summed E-state index contributed by atoms with van der Waals surface area (Å²) in [5, 5.41) is 16.2. The van der Waals surface area contributed by atoms with Gasteiger partial charge in [-0.15, -0.1) is 10.2 Å². The molecule has 2 N–H and O–H groups in total. The number of benzene rings is 1. The molecule has 1 aromatic carbocycles. The van der Waals surface area contributed by atoms with Crippen LogP contribution >= 0.6 is 11.3 Å². The third-order valence-corrected chi connectivity index (χ3v) is 7.51. The molecule has 5 heterocycles. The van der Waals surface area contributed by atoms with Crippen LogP contribution in [0.2, 0.25) is 0 Å². The maximum Gasteiger partial charge on any atom is 0.263 e. The topological polar surface area (TPSA) is 95.5 Å². The number of anilines is 3. The molecule has 10 heteroatoms. The van der Waals surface area contributed by atoms with Crippen LogP contribution in [0.25, 0.3) is 11.3 Å². The molecule has 34 heavy (non-hydrogen) atoms. The summed E-state index contributed by atoms with van der Waals surface area (Å²) in [6.45, 7) is 9.08. The van der Waals surface area contributed by atoms with Crippen molar-refractivity contribution < 1.29 is 9.53 Å². The minimum absolute atomic E-state index is 0.0444. The van der Waals surface area contributed by atoms with Crippen molar-refractivity contribution in [3.05, 3.63) is 40.9 Å². The van der Waals surface area contributed by atoms with Gasteiger partial charge in [0.15, 0.2) is 10.9 Å². The maximum absolute atomic E-state index is 12.6. The van der Waals surface area contributed by atoms with E-state index in [1.165, 1.54) is 11.3 Å². The lowest BCUT2D eigenvalue weighted by molar-refractivity contribution is 0.0901. The lowest BCUT2D eigenvalue weighted by Gasteiger charge is -2.30. The summed E-state index contributed by atoms with van der Waals surface area (Å²) in [4.78, 5) is 22.6. The van der Waals surface area contributed by atoms with Crippen molar-refractivity contribution in [3.8, 4) is 17.0 Å². The number of piperazine rings is 1. The van der Waals surface area contributed by atoms with Gasteiger partial charge in [-0.05, 0) is 44.2 Å². The smallest absolute Gasteiger partial charge is 0.263 e. The lowest BCUT2D eigenvalue weighted by atomic mass is 9.94. The van der Waals surface area contributed by atoms with Crippen molar-refractivity contribution in [2.24, 2.45) is 0 Å². The van der Waals surface area contributed by atoms with Crippen molar-refractivity contribution in [3.63, 3.8) is 0 Å². The summed E-state index contributed by atoms with van der Waals surface area (Å²) in [5.41, 5.74) is 3.29. The fourth-order valence-electron chi connectivity index (χ4n) is 4.70. The molecule has 3 aliphatic heterocycles. The van der Waals surface area contributed by atoms with Crippen LogP contribution in [0.3, 0.4) is 0 Å². The highest BCUT2D eigenvalue weighted by Gasteiger charge is 2.34. The van der Waals surface area contributed by atoms with E-state index < -0.39 is 0 Å². The van der Waals surface area contributed by atoms with E-state index in [1.54, 1.807) is 0 Å². The second-order valence-corrected chi connectivity index (χ2v) is 10.5. The van der Waals surface area contributed by atoms with E-state index in [1.807, 2.05) is 38.1 Å². The van der Waals surface area contributed by atoms with Gasteiger partial charge in [0, 0.05) is 43.7 Å². The SMILES string of the molecule is CC1(C)Cc2nc(N3CCOc4ccc(-c5ccc(N6CCNCC6)nn5)cc43)sc2C(=O)N1. The normalized spacial score (nSPS) is 19.2. The Bertz CT molecular complexity index is 1230. The standard InChI is InChI=1S/C24H27N7O2S/c1-24(2)14-17-21(22(32)27-24)34-23(26-17)31-11-12-33-19-5-3-15(13-18(19)31)16-4-6-20(29-28-16)30-9-7-25-8-10-30/h3-6,13,25H,7-12,14H2,1-2H3,(H,27,32). The van der Waals surface area contributed by atoms with Crippen LogP contribution in [0.4, 0.5) is 16.6 Å². The van der Waals surface area contributed by atoms with Crippen LogP contribution < -0.4 is 25.2 Å². The van der Waals surface area contributed by atoms with E-state index in [2.05, 4.69) is 36.7 Å². The highest BCUT2D eigenvalue weighted by atomic mass is 32.1. The molecule has 9 nitrogen and oxygen atoms in total. The molecule has 0 spiro atoms. The van der Waals surface area contributed by atoms with Gasteiger partial charge in [-0.2, -0.15) is 0 Å². The molecule has 0 unspecified atom stereocenters. The van der Waals surface area contributed by atoms with Crippen LogP contribution in [-0.2, 0) is 6.42 Å². The first-order valence-corrected chi connectivity index (χ1v) is 12.4. The third-order valence-electron chi connectivity index (χ3n) is 6.39. The van der Waals surface area contributed by atoms with E-state index in [9.17, 15) is 4.79 Å². The highest BCUT2D eigenvalue weighted by molar-refractivity contribution is 7.17. The summed E-state index contributed by atoms with van der Waals surface area (Å²) < 4.78 is 5.93. The zero-order chi connectivity index (χ0) is 23.3. The monoisotopic (exact) mass is 477 g/mol. The number of hydrogen-bond donors (Lipinski definition) is 2. The first-order chi connectivity index (χ1) is 16.5. The Morgan fingerprint density at radius 1 is 1.09 bits per heavy atom. The zero-order valence-corrected chi connectivity index (χ0v) is 20.1. The second kappa shape index (κ2) is 8.21. The Morgan fingerprint density at radius 3 is 2.74 bits per heavy atom. The Labute approximate surface area is 202 Å². The van der Waals surface area contributed by atoms with Crippen molar-refractivity contribution in [1.82, 2.24) is 25.8 Å². The molecule has 6 rings (SSSR count). The van der Waals surface area contributed by atoms with Gasteiger partial charge < -0.3 is 25.2 Å². The van der Waals surface area contributed by atoms with E-state index in [0.717, 1.165) is 71.9 Å². The summed E-state index contributed by atoms with van der Waals surface area (Å²) in [6, 6.07) is 10.1. The van der Waals surface area contributed by atoms with Crippen molar-refractivity contribution in [2.75, 3.05) is 49.1 Å². The molecule has 176 valence electrons. The predicted molar refractivity (Wildman–Crippen MR) is 132 cm³/mol. The maximum atomic E-state index is 12.6. The molecular weight excluding hydrogens is 450 g/mol. The predicted octanol–water partition coefficient (Wildman–Crippen LogP) is 2.60. The largest absolute Gasteiger partial charge is 0.490 e. The molecule has 3 aliphatic rings. The molecule has 1 saturated heterocycles. The second-order valence-electron chi connectivity index (χ2n) is 9.48. The van der Waals surface area contributed by atoms with Crippen LogP contribution in [0, 0.1) is 0 Å². The van der Waals surface area contributed by atoms with Gasteiger partial charge in [0.25, 0.3) is 5.91 Å². The van der Waals surface area contributed by atoms with E-state index in [-0.39, 0.29) is 11.4 Å². The average Bonchev–Trinajstić information content (AvgIpc) is 3.27. The fourth-order valence-corrected chi connectivity index (χ4v) is 5.71. The van der Waals surface area contributed by atoms with Gasteiger partial charge in [0.1, 0.15) is 17.2 Å². The fraction of sp³-hybridized carbons (Fsp3) is 0.417. The van der Waals surface area contributed by atoms with Crippen LogP contribution in [0.1, 0.15) is 29.2 Å². The Kier molecular flexibility index (Phi) is 5.14. The highest BCUT2D eigenvalue weighted by Crippen LogP contribution is 2.42. The lowest BCUT2D eigenvalue weighted by Crippen LogP contribution is -2.48. The summed E-state index contributed by atoms with van der Waals surface area (Å²) in [6.07, 6.45) is 0.719. The average molecular weight is 478 g/mol. The van der Waals surface area contributed by atoms with Crippen molar-refractivity contribution in [1.29, 1.82) is 0 Å². The third kappa shape index (κ3) is 3.86. The van der Waals surface area contributed by atoms with E-state index >= 15 is 0 Å². The number of nitrogens with zero attached hydrogens (tertiary/aromatic N) is 5. The van der Waals surface area contributed by atoms with Gasteiger partial charge in [0.05, 0.1) is 23.6 Å². The molecule has 0 saturated carbocycles. The number of carbonyl (C=O) groups is 1. The van der Waals surface area contributed by atoms with Gasteiger partial charge in [-0.3, -0.25) is 4.79 Å². The number of nitrogens with one attached hydrogen (secondary N) is 2. The van der Waals surface area contributed by atoms with E-state index in [4.69, 9.17) is 9.72 Å². The van der Waals surface area contributed by atoms with Gasteiger partial charge in [-0.1, -0.05) is 11.3 Å². The minimum Gasteiger partial charge on any atom is -0.490 e. The molecular formula is C24H27N7O2S. The minimum atomic E-state index is -0.291. The first-order valence-electron chi connectivity index (χ1n) is 11.6. The molecule has 0 atom stereocenters. The number of aromatic nitrogens is 3. The number of thiazole rings is 1. The number of rotatable bonds is 3. The molecule has 1 amide bonds. The molecule has 0 radical (unpaired) electrons. The molecule has 0 aliphatic carbocycles. The zero-order valence-electron chi connectivity index (χ0n) is 19.3. The van der Waals surface area contributed by atoms with Gasteiger partial charge in [-0.25, -0.2) is 4.98 Å². The number of hydrogen-bond acceptors (Lipinski definition) is 9. The number of amides is 1. The molecule has 0 bridgehead atoms. The van der Waals surface area contributed by atoms with Crippen LogP contribution in [0.15, 0.2) is 30.3 Å². The molecule has 1 fully saturated rings. The number of fused-ring (bicyclic) bond motifs is 2. The van der Waals surface area contributed by atoms with Crippen LogP contribution in [-0.4, -0.2) is 66.0 Å². The summed E-state index contributed by atoms with van der Waals surface area (Å²) in [7, 11) is 0. The Balaban J connectivity index is 1.31. The number of carbonyl (C=O) groups excluding carboxylic acids is 1.